The first-order valence-corrected chi connectivity index (χ1v) is 3.67. The molecule has 6 N–H and O–H groups in total. The average Bonchev–Trinajstić information content (AvgIpc) is 1.90. The van der Waals surface area contributed by atoms with Crippen LogP contribution in [0.15, 0.2) is 0 Å². The van der Waals surface area contributed by atoms with E-state index < -0.39 is 0 Å². The zero-order chi connectivity index (χ0) is 7.82. The summed E-state index contributed by atoms with van der Waals surface area (Å²) in [6, 6.07) is 0. The van der Waals surface area contributed by atoms with Gasteiger partial charge in [0.25, 0.3) is 0 Å². The molecular formula is C6H18CoN4. The van der Waals surface area contributed by atoms with Crippen LogP contribution in [0.3, 0.4) is 0 Å². The molecule has 0 unspecified atom stereocenters. The Bertz CT molecular complexity index is 57.3. The molecule has 0 aromatic carbocycles. The second-order valence-corrected chi connectivity index (χ2v) is 2.21. The molecule has 4 nitrogen and oxygen atoms in total. The van der Waals surface area contributed by atoms with Crippen molar-refractivity contribution in [3.63, 3.8) is 0 Å². The van der Waals surface area contributed by atoms with Gasteiger partial charge in [0.05, 0.1) is 0 Å². The topological polar surface area (TPSA) is 81.3 Å². The van der Waals surface area contributed by atoms with Crippen LogP contribution < -0.4 is 17.2 Å². The fraction of sp³-hybridized carbons (Fsp3) is 1.00. The summed E-state index contributed by atoms with van der Waals surface area (Å²) in [6.45, 7) is 4.73. The van der Waals surface area contributed by atoms with Gasteiger partial charge in [-0.15, -0.1) is 0 Å². The fourth-order valence-corrected chi connectivity index (χ4v) is 0.883. The van der Waals surface area contributed by atoms with Crippen LogP contribution in [-0.2, 0) is 16.8 Å². The van der Waals surface area contributed by atoms with E-state index in [0.717, 1.165) is 19.6 Å². The Morgan fingerprint density at radius 3 is 1.18 bits per heavy atom. The third-order valence-corrected chi connectivity index (χ3v) is 1.34. The molecule has 0 heterocycles. The standard InChI is InChI=1S/C6H18N4.Co/c7-1-4-10(5-2-8)6-3-9;/h1-9H2;. The summed E-state index contributed by atoms with van der Waals surface area (Å²) < 4.78 is 0. The van der Waals surface area contributed by atoms with E-state index in [2.05, 4.69) is 4.90 Å². The monoisotopic (exact) mass is 205 g/mol. The van der Waals surface area contributed by atoms with Crippen molar-refractivity contribution in [2.75, 3.05) is 39.3 Å². The fourth-order valence-electron chi connectivity index (χ4n) is 0.883. The van der Waals surface area contributed by atoms with E-state index in [1.165, 1.54) is 0 Å². The molecule has 0 aliphatic rings. The molecular weight excluding hydrogens is 187 g/mol. The predicted octanol–water partition coefficient (Wildman–Crippen LogP) is -1.84. The average molecular weight is 205 g/mol. The van der Waals surface area contributed by atoms with Gasteiger partial charge in [-0.1, -0.05) is 0 Å². The third kappa shape index (κ3) is 8.25. The van der Waals surface area contributed by atoms with Crippen LogP contribution in [0.2, 0.25) is 0 Å². The number of hydrogen-bond donors (Lipinski definition) is 3. The Morgan fingerprint density at radius 2 is 1.00 bits per heavy atom. The van der Waals surface area contributed by atoms with Crippen LogP contribution in [0.1, 0.15) is 0 Å². The molecule has 0 saturated heterocycles. The van der Waals surface area contributed by atoms with Crippen LogP contribution in [0.4, 0.5) is 0 Å². The van der Waals surface area contributed by atoms with Crippen molar-refractivity contribution >= 4 is 0 Å². The van der Waals surface area contributed by atoms with E-state index >= 15 is 0 Å². The van der Waals surface area contributed by atoms with Gasteiger partial charge in [-0.05, 0) is 0 Å². The van der Waals surface area contributed by atoms with E-state index in [9.17, 15) is 0 Å². The molecule has 11 heavy (non-hydrogen) atoms. The van der Waals surface area contributed by atoms with Crippen molar-refractivity contribution in [2.45, 2.75) is 0 Å². The molecule has 0 saturated carbocycles. The second kappa shape index (κ2) is 10.3. The van der Waals surface area contributed by atoms with Gasteiger partial charge in [0.2, 0.25) is 0 Å². The van der Waals surface area contributed by atoms with Crippen molar-refractivity contribution in [1.29, 1.82) is 0 Å². The maximum atomic E-state index is 5.37. The Kier molecular flexibility index (Phi) is 13.1. The molecule has 0 spiro atoms. The smallest absolute Gasteiger partial charge is 0.0106 e. The van der Waals surface area contributed by atoms with Crippen molar-refractivity contribution in [3.05, 3.63) is 0 Å². The van der Waals surface area contributed by atoms with Gasteiger partial charge in [0, 0.05) is 56.0 Å². The van der Waals surface area contributed by atoms with E-state index in [0.29, 0.717) is 19.6 Å². The minimum atomic E-state index is 0. The molecule has 0 fully saturated rings. The van der Waals surface area contributed by atoms with Crippen molar-refractivity contribution in [3.8, 4) is 0 Å². The summed E-state index contributed by atoms with van der Waals surface area (Å²) in [4.78, 5) is 2.17. The van der Waals surface area contributed by atoms with Gasteiger partial charge >= 0.3 is 0 Å². The number of nitrogens with two attached hydrogens (primary N) is 3. The predicted molar refractivity (Wildman–Crippen MR) is 43.6 cm³/mol. The Balaban J connectivity index is 0. The summed E-state index contributed by atoms with van der Waals surface area (Å²) in [5.74, 6) is 0. The molecule has 0 aromatic heterocycles. The molecule has 0 aliphatic heterocycles. The van der Waals surface area contributed by atoms with Gasteiger partial charge in [0.1, 0.15) is 0 Å². The minimum Gasteiger partial charge on any atom is -0.329 e. The van der Waals surface area contributed by atoms with Crippen molar-refractivity contribution in [2.24, 2.45) is 17.2 Å². The Hall–Kier alpha value is 0.346. The van der Waals surface area contributed by atoms with Gasteiger partial charge < -0.3 is 17.2 Å². The quantitative estimate of drug-likeness (QED) is 0.476. The molecule has 0 amide bonds. The molecule has 1 radical (unpaired) electrons. The summed E-state index contributed by atoms with van der Waals surface area (Å²) in [5.41, 5.74) is 16.1. The molecule has 0 bridgehead atoms. The largest absolute Gasteiger partial charge is 0.329 e. The zero-order valence-corrected chi connectivity index (χ0v) is 7.80. The first-order chi connectivity index (χ1) is 4.85. The van der Waals surface area contributed by atoms with Crippen LogP contribution >= 0.6 is 0 Å². The SMILES string of the molecule is NCCN(CCN)CCN.[Co]. The summed E-state index contributed by atoms with van der Waals surface area (Å²) in [6.07, 6.45) is 0. The maximum absolute atomic E-state index is 5.37. The van der Waals surface area contributed by atoms with Crippen molar-refractivity contribution < 1.29 is 16.8 Å². The molecule has 0 rings (SSSR count). The number of hydrogen-bond acceptors (Lipinski definition) is 4. The normalized spacial score (nSPS) is 9.82. The minimum absolute atomic E-state index is 0. The van der Waals surface area contributed by atoms with Crippen LogP contribution in [-0.4, -0.2) is 44.2 Å². The van der Waals surface area contributed by atoms with E-state index in [1.807, 2.05) is 0 Å². The Morgan fingerprint density at radius 1 is 0.727 bits per heavy atom. The molecule has 0 atom stereocenters. The van der Waals surface area contributed by atoms with E-state index in [1.54, 1.807) is 0 Å². The summed E-state index contributed by atoms with van der Waals surface area (Å²) in [7, 11) is 0. The maximum Gasteiger partial charge on any atom is 0.0106 e. The van der Waals surface area contributed by atoms with E-state index in [-0.39, 0.29) is 16.8 Å². The van der Waals surface area contributed by atoms with Crippen LogP contribution in [0.5, 0.6) is 0 Å². The van der Waals surface area contributed by atoms with Crippen molar-refractivity contribution in [1.82, 2.24) is 4.90 Å². The van der Waals surface area contributed by atoms with Crippen LogP contribution in [0, 0.1) is 0 Å². The van der Waals surface area contributed by atoms with Gasteiger partial charge in [-0.3, -0.25) is 4.90 Å². The summed E-state index contributed by atoms with van der Waals surface area (Å²) >= 11 is 0. The van der Waals surface area contributed by atoms with Crippen LogP contribution in [0.25, 0.3) is 0 Å². The first kappa shape index (κ1) is 13.9. The molecule has 0 aliphatic carbocycles. The Labute approximate surface area is 78.7 Å². The molecule has 5 heteroatoms. The molecule has 71 valence electrons. The number of rotatable bonds is 6. The van der Waals surface area contributed by atoms with Gasteiger partial charge in [0.15, 0.2) is 0 Å². The van der Waals surface area contributed by atoms with E-state index in [4.69, 9.17) is 17.2 Å². The van der Waals surface area contributed by atoms with Gasteiger partial charge in [-0.2, -0.15) is 0 Å². The summed E-state index contributed by atoms with van der Waals surface area (Å²) in [5, 5.41) is 0. The third-order valence-electron chi connectivity index (χ3n) is 1.34. The second-order valence-electron chi connectivity index (χ2n) is 2.21. The van der Waals surface area contributed by atoms with Gasteiger partial charge in [-0.25, -0.2) is 0 Å². The zero-order valence-electron chi connectivity index (χ0n) is 6.76. The molecule has 0 aromatic rings. The number of nitrogens with zero attached hydrogens (tertiary/aromatic N) is 1. The first-order valence-electron chi connectivity index (χ1n) is 3.67.